The molecule has 1 aromatic heterocycles. The number of hydrogen-bond donors (Lipinski definition) is 1. The van der Waals surface area contributed by atoms with E-state index < -0.39 is 5.60 Å². The second-order valence-corrected chi connectivity index (χ2v) is 7.56. The summed E-state index contributed by atoms with van der Waals surface area (Å²) in [5.74, 6) is 1.08. The molecule has 0 unspecified atom stereocenters. The minimum atomic E-state index is -0.689. The number of pyridine rings is 1. The highest BCUT2D eigenvalue weighted by molar-refractivity contribution is 6.30. The van der Waals surface area contributed by atoms with Crippen molar-refractivity contribution in [2.24, 2.45) is 16.7 Å². The number of ether oxygens (including phenoxy) is 1. The molecule has 0 aromatic carbocycles. The maximum Gasteiger partial charge on any atom is 0.258 e. The molecule has 4 nitrogen and oxygen atoms in total. The van der Waals surface area contributed by atoms with Gasteiger partial charge in [0.05, 0.1) is 11.6 Å². The van der Waals surface area contributed by atoms with E-state index in [0.29, 0.717) is 23.4 Å². The van der Waals surface area contributed by atoms with E-state index >= 15 is 0 Å². The Balaban J connectivity index is 1.65. The van der Waals surface area contributed by atoms with Gasteiger partial charge in [-0.05, 0) is 37.3 Å². The number of anilines is 1. The van der Waals surface area contributed by atoms with Crippen LogP contribution in [0.15, 0.2) is 18.3 Å². The highest BCUT2D eigenvalue weighted by atomic mass is 35.5. The van der Waals surface area contributed by atoms with Crippen LogP contribution in [0, 0.1) is 16.7 Å². The van der Waals surface area contributed by atoms with Crippen molar-refractivity contribution in [2.45, 2.75) is 38.7 Å². The lowest BCUT2D eigenvalue weighted by atomic mass is 9.66. The summed E-state index contributed by atoms with van der Waals surface area (Å²) in [6, 6.07) is 3.45. The summed E-state index contributed by atoms with van der Waals surface area (Å²) in [7, 11) is 0. The van der Waals surface area contributed by atoms with Crippen LogP contribution in [0.1, 0.15) is 33.1 Å². The van der Waals surface area contributed by atoms with Crippen molar-refractivity contribution >= 4 is 23.3 Å². The average Bonchev–Trinajstić information content (AvgIpc) is 2.93. The van der Waals surface area contributed by atoms with Crippen molar-refractivity contribution in [3.8, 4) is 0 Å². The molecule has 0 radical (unpaired) electrons. The van der Waals surface area contributed by atoms with Crippen LogP contribution in [-0.4, -0.2) is 23.1 Å². The Morgan fingerprint density at radius 2 is 2.29 bits per heavy atom. The molecule has 2 aliphatic carbocycles. The highest BCUT2D eigenvalue weighted by Gasteiger charge is 2.78. The molecule has 5 heteroatoms. The third-order valence-corrected chi connectivity index (χ3v) is 6.76. The van der Waals surface area contributed by atoms with Gasteiger partial charge in [0.1, 0.15) is 5.82 Å². The molecule has 1 saturated heterocycles. The van der Waals surface area contributed by atoms with Crippen LogP contribution in [0.3, 0.4) is 0 Å². The molecule has 21 heavy (non-hydrogen) atoms. The zero-order valence-corrected chi connectivity index (χ0v) is 13.0. The molecule has 4 bridgehead atoms. The first-order valence-electron chi connectivity index (χ1n) is 7.48. The third kappa shape index (κ3) is 1.45. The van der Waals surface area contributed by atoms with E-state index in [-0.39, 0.29) is 16.7 Å². The number of carbonyl (C=O) groups is 1. The molecule has 2 saturated carbocycles. The maximum absolute atomic E-state index is 12.9. The zero-order chi connectivity index (χ0) is 14.9. The first-order valence-corrected chi connectivity index (χ1v) is 7.86. The van der Waals surface area contributed by atoms with Crippen LogP contribution in [0.2, 0.25) is 5.02 Å². The lowest BCUT2D eigenvalue weighted by molar-refractivity contribution is -0.149. The smallest absolute Gasteiger partial charge is 0.258 e. The number of hydrogen-bond acceptors (Lipinski definition) is 3. The lowest BCUT2D eigenvalue weighted by Crippen LogP contribution is -2.52. The number of rotatable bonds is 2. The Morgan fingerprint density at radius 3 is 2.90 bits per heavy atom. The second kappa shape index (κ2) is 3.99. The summed E-state index contributed by atoms with van der Waals surface area (Å²) in [5.41, 5.74) is -0.620. The third-order valence-electron chi connectivity index (χ3n) is 6.53. The van der Waals surface area contributed by atoms with Crippen molar-refractivity contribution in [1.82, 2.24) is 4.98 Å². The molecule has 1 aliphatic heterocycles. The van der Waals surface area contributed by atoms with Gasteiger partial charge in [0.25, 0.3) is 5.91 Å². The predicted octanol–water partition coefficient (Wildman–Crippen LogP) is 3.27. The van der Waals surface area contributed by atoms with Crippen LogP contribution < -0.4 is 5.32 Å². The molecule has 3 fully saturated rings. The first-order chi connectivity index (χ1) is 9.91. The highest BCUT2D eigenvalue weighted by Crippen LogP contribution is 2.75. The normalized spacial score (nSPS) is 43.3. The Kier molecular flexibility index (Phi) is 2.57. The molecular weight excluding hydrogens is 288 g/mol. The Labute approximate surface area is 129 Å². The largest absolute Gasteiger partial charge is 0.364 e. The topological polar surface area (TPSA) is 51.2 Å². The summed E-state index contributed by atoms with van der Waals surface area (Å²) in [6.45, 7) is 5.20. The van der Waals surface area contributed by atoms with Gasteiger partial charge in [-0.25, -0.2) is 4.98 Å². The van der Waals surface area contributed by atoms with Gasteiger partial charge in [0.2, 0.25) is 0 Å². The molecule has 1 amide bonds. The Morgan fingerprint density at radius 1 is 1.48 bits per heavy atom. The summed E-state index contributed by atoms with van der Waals surface area (Å²) < 4.78 is 6.07. The van der Waals surface area contributed by atoms with E-state index in [1.807, 2.05) is 0 Å². The van der Waals surface area contributed by atoms with Gasteiger partial charge >= 0.3 is 0 Å². The number of halogens is 1. The van der Waals surface area contributed by atoms with Crippen LogP contribution in [-0.2, 0) is 9.53 Å². The van der Waals surface area contributed by atoms with Crippen molar-refractivity contribution in [2.75, 3.05) is 11.9 Å². The van der Waals surface area contributed by atoms with Gasteiger partial charge in [0.15, 0.2) is 5.60 Å². The van der Waals surface area contributed by atoms with E-state index in [1.54, 1.807) is 12.1 Å². The molecule has 4 atom stereocenters. The molecule has 112 valence electrons. The van der Waals surface area contributed by atoms with Crippen molar-refractivity contribution in [1.29, 1.82) is 0 Å². The molecule has 1 aromatic rings. The lowest BCUT2D eigenvalue weighted by Gasteiger charge is -2.39. The van der Waals surface area contributed by atoms with Crippen LogP contribution in [0.25, 0.3) is 0 Å². The van der Waals surface area contributed by atoms with Crippen molar-refractivity contribution in [3.05, 3.63) is 23.4 Å². The Bertz CT molecular complexity index is 619. The number of amides is 1. The summed E-state index contributed by atoms with van der Waals surface area (Å²) in [5, 5.41) is 3.48. The average molecular weight is 307 g/mol. The first kappa shape index (κ1) is 13.5. The maximum atomic E-state index is 12.9. The minimum Gasteiger partial charge on any atom is -0.364 e. The molecule has 4 rings (SSSR count). The van der Waals surface area contributed by atoms with E-state index in [4.69, 9.17) is 16.3 Å². The van der Waals surface area contributed by atoms with Crippen LogP contribution >= 0.6 is 11.6 Å². The predicted molar refractivity (Wildman–Crippen MR) is 80.1 cm³/mol. The summed E-state index contributed by atoms with van der Waals surface area (Å²) >= 11 is 5.83. The number of carbonyl (C=O) groups excluding carboxylic acids is 1. The molecule has 0 spiro atoms. The molecular formula is C16H19ClN2O2. The standard InChI is InChI=1S/C16H19ClN2O2/c1-14-9-21-16(7-10(14)5-6-15(14,16)2)13(20)19-12-4-3-11(17)8-18-12/h3-4,8,10H,5-7,9H2,1-2H3,(H,18,19,20)/t10-,14+,15-,16-/m1/s1. The summed E-state index contributed by atoms with van der Waals surface area (Å²) in [4.78, 5) is 17.1. The zero-order valence-electron chi connectivity index (χ0n) is 12.3. The van der Waals surface area contributed by atoms with Crippen molar-refractivity contribution in [3.63, 3.8) is 0 Å². The van der Waals surface area contributed by atoms with Crippen LogP contribution in [0.4, 0.5) is 5.82 Å². The summed E-state index contributed by atoms with van der Waals surface area (Å²) in [6.07, 6.45) is 4.65. The van der Waals surface area contributed by atoms with E-state index in [1.165, 1.54) is 12.6 Å². The fourth-order valence-electron chi connectivity index (χ4n) is 4.92. The van der Waals surface area contributed by atoms with Gasteiger partial charge in [-0.3, -0.25) is 4.79 Å². The SMILES string of the molecule is C[C@]12CC[C@@H]3C[C@]1(C(=O)Nc1ccc(Cl)cn1)OC[C@@]32C. The quantitative estimate of drug-likeness (QED) is 0.912. The second-order valence-electron chi connectivity index (χ2n) is 7.12. The van der Waals surface area contributed by atoms with Gasteiger partial charge in [-0.2, -0.15) is 0 Å². The van der Waals surface area contributed by atoms with Crippen LogP contribution in [0.5, 0.6) is 0 Å². The van der Waals surface area contributed by atoms with Gasteiger partial charge in [-0.15, -0.1) is 0 Å². The number of nitrogens with one attached hydrogen (secondary N) is 1. The number of aromatic nitrogens is 1. The molecule has 2 heterocycles. The minimum absolute atomic E-state index is 0.0502. The monoisotopic (exact) mass is 306 g/mol. The fourth-order valence-corrected chi connectivity index (χ4v) is 5.04. The van der Waals surface area contributed by atoms with Crippen molar-refractivity contribution < 1.29 is 9.53 Å². The molecule has 3 aliphatic rings. The number of nitrogens with zero attached hydrogens (tertiary/aromatic N) is 1. The van der Waals surface area contributed by atoms with Gasteiger partial charge in [-0.1, -0.05) is 25.4 Å². The Hall–Kier alpha value is -1.13. The fraction of sp³-hybridized carbons (Fsp3) is 0.625. The van der Waals surface area contributed by atoms with Gasteiger partial charge < -0.3 is 10.1 Å². The van der Waals surface area contributed by atoms with E-state index in [9.17, 15) is 4.79 Å². The van der Waals surface area contributed by atoms with E-state index in [0.717, 1.165) is 12.8 Å². The van der Waals surface area contributed by atoms with E-state index in [2.05, 4.69) is 24.1 Å². The molecule has 1 N–H and O–H groups in total. The van der Waals surface area contributed by atoms with Gasteiger partial charge in [0, 0.05) is 17.0 Å².